The molecule has 8 aromatic rings. The lowest BCUT2D eigenvalue weighted by molar-refractivity contribution is 0.669. The smallest absolute Gasteiger partial charge is 0.137 e. The normalized spacial score (nSPS) is 11.7. The molecule has 2 aromatic heterocycles. The number of hydrogen-bond donors (Lipinski definition) is 0. The summed E-state index contributed by atoms with van der Waals surface area (Å²) in [6.07, 6.45) is 0. The van der Waals surface area contributed by atoms with Crippen LogP contribution in [0.1, 0.15) is 0 Å². The molecule has 0 bridgehead atoms. The maximum absolute atomic E-state index is 6.75. The van der Waals surface area contributed by atoms with Crippen molar-refractivity contribution in [3.8, 4) is 5.69 Å². The van der Waals surface area contributed by atoms with E-state index in [1.54, 1.807) is 0 Å². The van der Waals surface area contributed by atoms with Crippen LogP contribution in [0.3, 0.4) is 0 Å². The highest BCUT2D eigenvalue weighted by atomic mass is 35.5. The van der Waals surface area contributed by atoms with Gasteiger partial charge in [0, 0.05) is 38.2 Å². The zero-order valence-corrected chi connectivity index (χ0v) is 23.3. The molecule has 0 aliphatic heterocycles. The molecule has 6 aromatic carbocycles. The number of halogens is 2. The van der Waals surface area contributed by atoms with Gasteiger partial charge in [-0.15, -0.1) is 0 Å². The van der Waals surface area contributed by atoms with Gasteiger partial charge in [0.1, 0.15) is 11.2 Å². The van der Waals surface area contributed by atoms with Crippen LogP contribution < -0.4 is 4.90 Å². The number of benzene rings is 6. The van der Waals surface area contributed by atoms with E-state index >= 15 is 0 Å². The van der Waals surface area contributed by atoms with Crippen molar-refractivity contribution in [3.05, 3.63) is 144 Å². The summed E-state index contributed by atoms with van der Waals surface area (Å²) in [5, 5.41) is 5.65. The molecule has 0 aliphatic rings. The Labute approximate surface area is 246 Å². The third-order valence-electron chi connectivity index (χ3n) is 7.70. The Kier molecular flexibility index (Phi) is 5.56. The summed E-state index contributed by atoms with van der Waals surface area (Å²) in [5.41, 5.74) is 8.01. The van der Waals surface area contributed by atoms with Crippen LogP contribution in [0.5, 0.6) is 0 Å². The molecule has 5 heteroatoms. The first-order chi connectivity index (χ1) is 20.2. The van der Waals surface area contributed by atoms with Gasteiger partial charge in [0.15, 0.2) is 0 Å². The van der Waals surface area contributed by atoms with Crippen LogP contribution in [0, 0.1) is 0 Å². The molecule has 3 nitrogen and oxygen atoms in total. The SMILES string of the molecule is Clc1ccc(N(c2ccccc2)c2ccc3c(c2)c2ccccc2n3-c2cccc3oc4cccc(Cl)c4c23)cc1. The van der Waals surface area contributed by atoms with Crippen LogP contribution in [-0.2, 0) is 0 Å². The molecular formula is C36H22Cl2N2O. The zero-order valence-electron chi connectivity index (χ0n) is 21.8. The number of aromatic nitrogens is 1. The van der Waals surface area contributed by atoms with Gasteiger partial charge in [-0.25, -0.2) is 0 Å². The van der Waals surface area contributed by atoms with E-state index in [4.69, 9.17) is 27.6 Å². The van der Waals surface area contributed by atoms with Gasteiger partial charge >= 0.3 is 0 Å². The Hall–Kier alpha value is -4.70. The quantitative estimate of drug-likeness (QED) is 0.210. The fraction of sp³-hybridized carbons (Fsp3) is 0. The molecule has 196 valence electrons. The van der Waals surface area contributed by atoms with Gasteiger partial charge < -0.3 is 13.9 Å². The van der Waals surface area contributed by atoms with Crippen molar-refractivity contribution < 1.29 is 4.42 Å². The summed E-state index contributed by atoms with van der Waals surface area (Å²) in [4.78, 5) is 2.26. The van der Waals surface area contributed by atoms with E-state index in [-0.39, 0.29) is 0 Å². The van der Waals surface area contributed by atoms with E-state index in [9.17, 15) is 0 Å². The van der Waals surface area contributed by atoms with Crippen molar-refractivity contribution in [2.75, 3.05) is 4.90 Å². The summed E-state index contributed by atoms with van der Waals surface area (Å²) < 4.78 is 8.56. The molecule has 0 spiro atoms. The number of rotatable bonds is 4. The van der Waals surface area contributed by atoms with Gasteiger partial charge in [0.25, 0.3) is 0 Å². The van der Waals surface area contributed by atoms with Crippen LogP contribution in [0.25, 0.3) is 49.4 Å². The Balaban J connectivity index is 1.42. The average Bonchev–Trinajstić information content (AvgIpc) is 3.55. The molecule has 2 heterocycles. The molecule has 0 saturated heterocycles. The molecule has 8 rings (SSSR count). The van der Waals surface area contributed by atoms with Gasteiger partial charge in [-0.2, -0.15) is 0 Å². The largest absolute Gasteiger partial charge is 0.456 e. The summed E-state index contributed by atoms with van der Waals surface area (Å²) in [5.74, 6) is 0. The van der Waals surface area contributed by atoms with Crippen molar-refractivity contribution in [3.63, 3.8) is 0 Å². The molecular weight excluding hydrogens is 547 g/mol. The zero-order chi connectivity index (χ0) is 27.5. The minimum Gasteiger partial charge on any atom is -0.456 e. The van der Waals surface area contributed by atoms with Crippen molar-refractivity contribution in [2.24, 2.45) is 0 Å². The van der Waals surface area contributed by atoms with Crippen LogP contribution in [0.2, 0.25) is 10.0 Å². The number of nitrogens with zero attached hydrogens (tertiary/aromatic N) is 2. The van der Waals surface area contributed by atoms with Crippen molar-refractivity contribution in [1.82, 2.24) is 4.57 Å². The molecule has 0 saturated carbocycles. The highest BCUT2D eigenvalue weighted by Gasteiger charge is 2.20. The first kappa shape index (κ1) is 24.1. The molecule has 0 unspecified atom stereocenters. The first-order valence-electron chi connectivity index (χ1n) is 13.4. The number of para-hydroxylation sites is 2. The van der Waals surface area contributed by atoms with Crippen molar-refractivity contribution in [2.45, 2.75) is 0 Å². The fourth-order valence-corrected chi connectivity index (χ4v) is 6.35. The van der Waals surface area contributed by atoms with Crippen LogP contribution in [-0.4, -0.2) is 4.57 Å². The Morgan fingerprint density at radius 2 is 1.17 bits per heavy atom. The third kappa shape index (κ3) is 3.81. The van der Waals surface area contributed by atoms with Gasteiger partial charge in [-0.1, -0.05) is 71.7 Å². The number of fused-ring (bicyclic) bond motifs is 6. The summed E-state index contributed by atoms with van der Waals surface area (Å²) in [6.45, 7) is 0. The second-order valence-electron chi connectivity index (χ2n) is 10.1. The van der Waals surface area contributed by atoms with Gasteiger partial charge in [0.2, 0.25) is 0 Å². The highest BCUT2D eigenvalue weighted by molar-refractivity contribution is 6.38. The maximum atomic E-state index is 6.75. The first-order valence-corrected chi connectivity index (χ1v) is 14.2. The van der Waals surface area contributed by atoms with Gasteiger partial charge in [0.05, 0.1) is 27.1 Å². The standard InChI is InChI=1S/C36H22Cl2N2O/c37-23-16-18-25(19-17-23)39(24-8-2-1-3-9-24)26-20-21-31-28(22-26)27-10-4-5-12-30(27)40(31)32-13-7-15-34-36(32)35-29(38)11-6-14-33(35)41-34/h1-22H. The van der Waals surface area contributed by atoms with Crippen LogP contribution in [0.15, 0.2) is 138 Å². The molecule has 0 amide bonds. The molecule has 0 atom stereocenters. The minimum absolute atomic E-state index is 0.679. The minimum atomic E-state index is 0.679. The summed E-state index contributed by atoms with van der Waals surface area (Å²) in [7, 11) is 0. The second kappa shape index (κ2) is 9.45. The van der Waals surface area contributed by atoms with E-state index < -0.39 is 0 Å². The summed E-state index contributed by atoms with van der Waals surface area (Å²) in [6, 6.07) is 45.6. The second-order valence-corrected chi connectivity index (χ2v) is 10.9. The predicted molar refractivity (Wildman–Crippen MR) is 173 cm³/mol. The number of hydrogen-bond acceptors (Lipinski definition) is 2. The fourth-order valence-electron chi connectivity index (χ4n) is 5.97. The van der Waals surface area contributed by atoms with Gasteiger partial charge in [-0.3, -0.25) is 0 Å². The lowest BCUT2D eigenvalue weighted by Gasteiger charge is -2.25. The van der Waals surface area contributed by atoms with Gasteiger partial charge in [-0.05, 0) is 84.9 Å². The Bertz CT molecular complexity index is 2230. The Morgan fingerprint density at radius 1 is 0.512 bits per heavy atom. The van der Waals surface area contributed by atoms with E-state index in [1.165, 1.54) is 5.39 Å². The molecule has 0 fully saturated rings. The summed E-state index contributed by atoms with van der Waals surface area (Å²) >= 11 is 13.0. The van der Waals surface area contributed by atoms with E-state index in [0.717, 1.165) is 61.1 Å². The predicted octanol–water partition coefficient (Wildman–Crippen LogP) is 11.5. The topological polar surface area (TPSA) is 21.3 Å². The number of furan rings is 1. The van der Waals surface area contributed by atoms with Crippen LogP contribution in [0.4, 0.5) is 17.1 Å². The molecule has 0 N–H and O–H groups in total. The average molecular weight is 569 g/mol. The van der Waals surface area contributed by atoms with E-state index in [1.807, 2.05) is 48.5 Å². The van der Waals surface area contributed by atoms with Crippen molar-refractivity contribution >= 4 is 84.0 Å². The third-order valence-corrected chi connectivity index (χ3v) is 8.27. The Morgan fingerprint density at radius 3 is 2.00 bits per heavy atom. The molecule has 0 radical (unpaired) electrons. The lowest BCUT2D eigenvalue weighted by atomic mass is 10.1. The van der Waals surface area contributed by atoms with Crippen LogP contribution >= 0.6 is 23.2 Å². The van der Waals surface area contributed by atoms with E-state index in [2.05, 4.69) is 94.4 Å². The molecule has 0 aliphatic carbocycles. The molecule has 41 heavy (non-hydrogen) atoms. The van der Waals surface area contributed by atoms with Crippen molar-refractivity contribution in [1.29, 1.82) is 0 Å². The number of anilines is 3. The monoisotopic (exact) mass is 568 g/mol. The lowest BCUT2D eigenvalue weighted by Crippen LogP contribution is -2.09. The van der Waals surface area contributed by atoms with E-state index in [0.29, 0.717) is 10.0 Å². The highest BCUT2D eigenvalue weighted by Crippen LogP contribution is 2.43. The maximum Gasteiger partial charge on any atom is 0.137 e.